The Morgan fingerprint density at radius 3 is 2.67 bits per heavy atom. The molecule has 1 amide bonds. The summed E-state index contributed by atoms with van der Waals surface area (Å²) < 4.78 is 22.1. The molecule has 18 heavy (non-hydrogen) atoms. The molecule has 1 rings (SSSR count). The molecule has 0 bridgehead atoms. The van der Waals surface area contributed by atoms with Crippen molar-refractivity contribution in [2.75, 3.05) is 12.0 Å². The van der Waals surface area contributed by atoms with Crippen LogP contribution in [0.1, 0.15) is 17.3 Å². The van der Waals surface area contributed by atoms with E-state index >= 15 is 0 Å². The number of aromatic hydroxyl groups is 1. The van der Waals surface area contributed by atoms with Gasteiger partial charge in [0.2, 0.25) is 0 Å². The Labute approximate surface area is 111 Å². The Morgan fingerprint density at radius 1 is 1.50 bits per heavy atom. The number of amides is 1. The van der Waals surface area contributed by atoms with Gasteiger partial charge in [-0.3, -0.25) is 4.79 Å². The van der Waals surface area contributed by atoms with Gasteiger partial charge in [-0.2, -0.15) is 0 Å². The quantitative estimate of drug-likeness (QED) is 0.873. The van der Waals surface area contributed by atoms with Crippen molar-refractivity contribution in [3.63, 3.8) is 0 Å². The second kappa shape index (κ2) is 5.58. The highest BCUT2D eigenvalue weighted by atomic mass is 35.5. The van der Waals surface area contributed by atoms with Gasteiger partial charge in [-0.25, -0.2) is 8.42 Å². The molecule has 0 aliphatic rings. The van der Waals surface area contributed by atoms with Crippen molar-refractivity contribution in [3.8, 4) is 5.75 Å². The minimum Gasteiger partial charge on any atom is -0.508 e. The summed E-state index contributed by atoms with van der Waals surface area (Å²) in [6, 6.07) is 3.45. The largest absolute Gasteiger partial charge is 0.508 e. The molecule has 1 aromatic carbocycles. The summed E-state index contributed by atoms with van der Waals surface area (Å²) in [5, 5.41) is 12.0. The monoisotopic (exact) mass is 291 g/mol. The lowest BCUT2D eigenvalue weighted by Crippen LogP contribution is -2.37. The smallest absolute Gasteiger partial charge is 0.253 e. The summed E-state index contributed by atoms with van der Waals surface area (Å²) in [5.74, 6) is -0.762. The maximum atomic E-state index is 11.8. The molecule has 5 nitrogen and oxygen atoms in total. The van der Waals surface area contributed by atoms with E-state index in [2.05, 4.69) is 5.32 Å². The molecule has 0 radical (unpaired) electrons. The van der Waals surface area contributed by atoms with E-state index in [9.17, 15) is 18.3 Å². The van der Waals surface area contributed by atoms with Crippen LogP contribution >= 0.6 is 11.6 Å². The van der Waals surface area contributed by atoms with Crippen LogP contribution in [0, 0.1) is 0 Å². The number of benzene rings is 1. The number of carbonyl (C=O) groups is 1. The lowest BCUT2D eigenvalue weighted by atomic mass is 10.2. The van der Waals surface area contributed by atoms with Crippen LogP contribution in [0.25, 0.3) is 0 Å². The van der Waals surface area contributed by atoms with E-state index in [-0.39, 0.29) is 22.1 Å². The molecule has 0 aliphatic carbocycles. The summed E-state index contributed by atoms with van der Waals surface area (Å²) in [5.41, 5.74) is 0.108. The van der Waals surface area contributed by atoms with Crippen LogP contribution < -0.4 is 5.32 Å². The minimum absolute atomic E-state index is 0.0830. The van der Waals surface area contributed by atoms with Gasteiger partial charge in [0, 0.05) is 12.3 Å². The number of phenolic OH excluding ortho intramolecular Hbond substituents is 1. The molecule has 7 heteroatoms. The van der Waals surface area contributed by atoms with Gasteiger partial charge in [0.15, 0.2) is 0 Å². The van der Waals surface area contributed by atoms with E-state index in [1.54, 1.807) is 6.92 Å². The van der Waals surface area contributed by atoms with Gasteiger partial charge in [-0.05, 0) is 25.1 Å². The molecular weight excluding hydrogens is 278 g/mol. The van der Waals surface area contributed by atoms with Crippen molar-refractivity contribution in [2.24, 2.45) is 0 Å². The maximum absolute atomic E-state index is 11.8. The number of carbonyl (C=O) groups excluding carboxylic acids is 1. The predicted octanol–water partition coefficient (Wildman–Crippen LogP) is 1.21. The number of rotatable bonds is 4. The van der Waals surface area contributed by atoms with Crippen LogP contribution in [0.3, 0.4) is 0 Å². The van der Waals surface area contributed by atoms with Crippen molar-refractivity contribution < 1.29 is 18.3 Å². The van der Waals surface area contributed by atoms with Crippen LogP contribution in [0.5, 0.6) is 5.75 Å². The topological polar surface area (TPSA) is 83.5 Å². The van der Waals surface area contributed by atoms with E-state index in [0.717, 1.165) is 6.26 Å². The van der Waals surface area contributed by atoms with Gasteiger partial charge >= 0.3 is 0 Å². The summed E-state index contributed by atoms with van der Waals surface area (Å²) in [4.78, 5) is 11.8. The van der Waals surface area contributed by atoms with Crippen molar-refractivity contribution in [1.29, 1.82) is 0 Å². The van der Waals surface area contributed by atoms with Crippen molar-refractivity contribution in [1.82, 2.24) is 5.32 Å². The normalized spacial score (nSPS) is 13.1. The van der Waals surface area contributed by atoms with Crippen LogP contribution in [-0.2, 0) is 9.84 Å². The van der Waals surface area contributed by atoms with E-state index < -0.39 is 21.8 Å². The van der Waals surface area contributed by atoms with Crippen LogP contribution in [0.4, 0.5) is 0 Å². The second-order valence-corrected chi connectivity index (χ2v) is 6.72. The average Bonchev–Trinajstić information content (AvgIpc) is 2.18. The number of halogens is 1. The minimum atomic E-state index is -3.17. The Balaban J connectivity index is 2.80. The summed E-state index contributed by atoms with van der Waals surface area (Å²) in [6.45, 7) is 1.58. The first-order valence-electron chi connectivity index (χ1n) is 5.16. The lowest BCUT2D eigenvalue weighted by molar-refractivity contribution is 0.0943. The fraction of sp³-hybridized carbons (Fsp3) is 0.364. The Bertz CT molecular complexity index is 556. The third-order valence-electron chi connectivity index (χ3n) is 2.12. The molecule has 1 atom stereocenters. The summed E-state index contributed by atoms with van der Waals surface area (Å²) in [6.07, 6.45) is 1.09. The van der Waals surface area contributed by atoms with Crippen LogP contribution in [0.15, 0.2) is 18.2 Å². The first kappa shape index (κ1) is 14.8. The zero-order valence-electron chi connectivity index (χ0n) is 9.97. The van der Waals surface area contributed by atoms with Crippen molar-refractivity contribution >= 4 is 27.3 Å². The molecular formula is C11H14ClNO4S. The van der Waals surface area contributed by atoms with Gasteiger partial charge in [0.25, 0.3) is 5.91 Å². The Hall–Kier alpha value is -1.27. The zero-order valence-corrected chi connectivity index (χ0v) is 11.5. The highest BCUT2D eigenvalue weighted by molar-refractivity contribution is 7.90. The van der Waals surface area contributed by atoms with Crippen LogP contribution in [-0.4, -0.2) is 37.5 Å². The summed E-state index contributed by atoms with van der Waals surface area (Å²) >= 11 is 5.82. The highest BCUT2D eigenvalue weighted by Gasteiger charge is 2.16. The Morgan fingerprint density at radius 2 is 2.11 bits per heavy atom. The first-order valence-corrected chi connectivity index (χ1v) is 7.60. The molecule has 1 aromatic rings. The van der Waals surface area contributed by atoms with Gasteiger partial charge in [0.1, 0.15) is 15.6 Å². The predicted molar refractivity (Wildman–Crippen MR) is 69.8 cm³/mol. The Kier molecular flexibility index (Phi) is 4.59. The molecule has 100 valence electrons. The van der Waals surface area contributed by atoms with Gasteiger partial charge in [-0.1, -0.05) is 11.6 Å². The molecule has 0 aliphatic heterocycles. The van der Waals surface area contributed by atoms with Gasteiger partial charge in [-0.15, -0.1) is 0 Å². The number of hydrogen-bond donors (Lipinski definition) is 2. The zero-order chi connectivity index (χ0) is 13.9. The van der Waals surface area contributed by atoms with E-state index in [4.69, 9.17) is 11.6 Å². The van der Waals surface area contributed by atoms with E-state index in [1.165, 1.54) is 18.2 Å². The SMILES string of the molecule is CC(CS(C)(=O)=O)NC(=O)c1cc(O)ccc1Cl. The fourth-order valence-corrected chi connectivity index (χ4v) is 2.68. The van der Waals surface area contributed by atoms with Gasteiger partial charge < -0.3 is 10.4 Å². The number of phenols is 1. The third-order valence-corrected chi connectivity index (χ3v) is 3.56. The lowest BCUT2D eigenvalue weighted by Gasteiger charge is -2.13. The fourth-order valence-electron chi connectivity index (χ4n) is 1.48. The molecule has 1 unspecified atom stereocenters. The molecule has 2 N–H and O–H groups in total. The van der Waals surface area contributed by atoms with E-state index in [1.807, 2.05) is 0 Å². The summed E-state index contributed by atoms with van der Waals surface area (Å²) in [7, 11) is -3.17. The number of hydrogen-bond acceptors (Lipinski definition) is 4. The highest BCUT2D eigenvalue weighted by Crippen LogP contribution is 2.21. The molecule has 0 heterocycles. The average molecular weight is 292 g/mol. The van der Waals surface area contributed by atoms with E-state index in [0.29, 0.717) is 0 Å². The number of nitrogens with one attached hydrogen (secondary N) is 1. The first-order chi connectivity index (χ1) is 8.19. The second-order valence-electron chi connectivity index (χ2n) is 4.13. The third kappa shape index (κ3) is 4.54. The standard InChI is InChI=1S/C11H14ClNO4S/c1-7(6-18(2,16)17)13-11(15)9-5-8(14)3-4-10(9)12/h3-5,7,14H,6H2,1-2H3,(H,13,15). The van der Waals surface area contributed by atoms with Crippen molar-refractivity contribution in [3.05, 3.63) is 28.8 Å². The van der Waals surface area contributed by atoms with Gasteiger partial charge in [0.05, 0.1) is 16.3 Å². The maximum Gasteiger partial charge on any atom is 0.253 e. The molecule has 0 fully saturated rings. The molecule has 0 saturated carbocycles. The number of sulfone groups is 1. The van der Waals surface area contributed by atoms with Crippen LogP contribution in [0.2, 0.25) is 5.02 Å². The molecule has 0 spiro atoms. The molecule has 0 saturated heterocycles. The molecule has 0 aromatic heterocycles. The van der Waals surface area contributed by atoms with Crippen molar-refractivity contribution in [2.45, 2.75) is 13.0 Å².